The Kier molecular flexibility index (Phi) is 3.40. The lowest BCUT2D eigenvalue weighted by molar-refractivity contribution is -0.132. The van der Waals surface area contributed by atoms with Crippen molar-refractivity contribution in [1.82, 2.24) is 0 Å². The van der Waals surface area contributed by atoms with E-state index >= 15 is 0 Å². The topological polar surface area (TPSA) is 43.4 Å². The Morgan fingerprint density at radius 2 is 1.75 bits per heavy atom. The molecule has 4 aliphatic carbocycles. The van der Waals surface area contributed by atoms with E-state index in [2.05, 4.69) is 20.4 Å². The number of allylic oxidation sites excluding steroid dienone is 2. The number of fused-ring (bicyclic) bond motifs is 5. The van der Waals surface area contributed by atoms with Crippen molar-refractivity contribution in [3.05, 3.63) is 23.5 Å². The van der Waals surface area contributed by atoms with E-state index in [0.717, 1.165) is 49.7 Å². The maximum Gasteiger partial charge on any atom is 0.197 e. The van der Waals surface area contributed by atoms with Gasteiger partial charge < -0.3 is 4.74 Å². The molecule has 0 aromatic carbocycles. The minimum atomic E-state index is -0.117. The molecule has 3 heteroatoms. The van der Waals surface area contributed by atoms with Crippen LogP contribution >= 0.6 is 0 Å². The zero-order valence-corrected chi connectivity index (χ0v) is 15.1. The molecule has 0 unspecified atom stereocenters. The molecule has 4 rings (SSSR count). The minimum absolute atomic E-state index is 0.0216. The maximum absolute atomic E-state index is 12.5. The molecule has 0 aromatic rings. The summed E-state index contributed by atoms with van der Waals surface area (Å²) in [6.45, 7) is 8.86. The molecule has 0 amide bonds. The Balaban J connectivity index is 1.80. The number of hydrogen-bond acceptors (Lipinski definition) is 3. The highest BCUT2D eigenvalue weighted by Crippen LogP contribution is 2.65. The van der Waals surface area contributed by atoms with Crippen molar-refractivity contribution in [1.29, 1.82) is 0 Å². The number of carbonyl (C=O) groups is 2. The molecule has 3 nitrogen and oxygen atoms in total. The lowest BCUT2D eigenvalue weighted by Gasteiger charge is -2.57. The molecule has 5 atom stereocenters. The van der Waals surface area contributed by atoms with Gasteiger partial charge in [0.2, 0.25) is 0 Å². The molecule has 0 aromatic heterocycles. The van der Waals surface area contributed by atoms with E-state index in [-0.39, 0.29) is 16.6 Å². The van der Waals surface area contributed by atoms with E-state index in [4.69, 9.17) is 4.74 Å². The normalized spacial score (nSPS) is 45.0. The van der Waals surface area contributed by atoms with E-state index in [1.807, 2.05) is 0 Å². The fourth-order valence-electron chi connectivity index (χ4n) is 6.68. The van der Waals surface area contributed by atoms with Gasteiger partial charge in [0.05, 0.1) is 7.11 Å². The smallest absolute Gasteiger partial charge is 0.197 e. The molecular formula is C21H28O3. The monoisotopic (exact) mass is 328 g/mol. The van der Waals surface area contributed by atoms with Gasteiger partial charge in [-0.05, 0) is 55.4 Å². The van der Waals surface area contributed by atoms with Gasteiger partial charge in [0.1, 0.15) is 5.78 Å². The Hall–Kier alpha value is -1.38. The number of Topliss-reactive ketones (excluding diaryl/α,β-unsaturated/α-hetero) is 2. The summed E-state index contributed by atoms with van der Waals surface area (Å²) in [7, 11) is 1.61. The van der Waals surface area contributed by atoms with E-state index in [0.29, 0.717) is 35.7 Å². The van der Waals surface area contributed by atoms with Crippen LogP contribution in [-0.2, 0) is 14.3 Å². The van der Waals surface area contributed by atoms with Crippen molar-refractivity contribution in [2.24, 2.45) is 28.6 Å². The zero-order chi connectivity index (χ0) is 17.3. The molecule has 24 heavy (non-hydrogen) atoms. The summed E-state index contributed by atoms with van der Waals surface area (Å²) < 4.78 is 5.53. The van der Waals surface area contributed by atoms with E-state index in [1.165, 1.54) is 0 Å². The second kappa shape index (κ2) is 5.06. The summed E-state index contributed by atoms with van der Waals surface area (Å²) in [5.41, 5.74) is 2.03. The molecule has 0 N–H and O–H groups in total. The lowest BCUT2D eigenvalue weighted by atomic mass is 9.46. The summed E-state index contributed by atoms with van der Waals surface area (Å²) in [4.78, 5) is 24.8. The van der Waals surface area contributed by atoms with Crippen LogP contribution in [0.5, 0.6) is 0 Å². The standard InChI is InChI=1S/C21H28O3/c1-12-11-13-14-5-6-17(23)20(14,2)9-7-15(13)21(3)10-8-16(22)19(24-4)18(12)21/h13-15H,1,5-11H2,2-4H3/t13-,14-,15-,20-,21+/m0/s1. The van der Waals surface area contributed by atoms with Crippen LogP contribution in [0.3, 0.4) is 0 Å². The van der Waals surface area contributed by atoms with Gasteiger partial charge in [-0.3, -0.25) is 9.59 Å². The van der Waals surface area contributed by atoms with Crippen LogP contribution < -0.4 is 0 Å². The molecule has 0 heterocycles. The van der Waals surface area contributed by atoms with Crippen LogP contribution in [0.2, 0.25) is 0 Å². The fourth-order valence-corrected chi connectivity index (χ4v) is 6.68. The Morgan fingerprint density at radius 1 is 1.04 bits per heavy atom. The van der Waals surface area contributed by atoms with Crippen molar-refractivity contribution < 1.29 is 14.3 Å². The molecule has 0 saturated heterocycles. The minimum Gasteiger partial charge on any atom is -0.493 e. The highest BCUT2D eigenvalue weighted by atomic mass is 16.5. The highest BCUT2D eigenvalue weighted by Gasteiger charge is 2.60. The average Bonchev–Trinajstić information content (AvgIpc) is 2.84. The molecular weight excluding hydrogens is 300 g/mol. The first-order valence-corrected chi connectivity index (χ1v) is 9.36. The predicted octanol–water partition coefficient (Wildman–Crippen LogP) is 4.23. The number of methoxy groups -OCH3 is 1. The van der Waals surface area contributed by atoms with Crippen LogP contribution in [0, 0.1) is 28.6 Å². The van der Waals surface area contributed by atoms with Gasteiger partial charge in [-0.1, -0.05) is 20.4 Å². The third-order valence-electron chi connectivity index (χ3n) is 7.93. The van der Waals surface area contributed by atoms with Crippen molar-refractivity contribution in [3.8, 4) is 0 Å². The quantitative estimate of drug-likeness (QED) is 0.723. The largest absolute Gasteiger partial charge is 0.493 e. The average molecular weight is 328 g/mol. The first-order chi connectivity index (χ1) is 11.3. The van der Waals surface area contributed by atoms with E-state index < -0.39 is 0 Å². The van der Waals surface area contributed by atoms with Gasteiger partial charge in [0.15, 0.2) is 11.5 Å². The summed E-state index contributed by atoms with van der Waals surface area (Å²) in [6, 6.07) is 0. The maximum atomic E-state index is 12.5. The van der Waals surface area contributed by atoms with Crippen LogP contribution in [0.15, 0.2) is 23.5 Å². The summed E-state index contributed by atoms with van der Waals surface area (Å²) in [5, 5.41) is 0. The second-order valence-electron chi connectivity index (χ2n) is 8.85. The highest BCUT2D eigenvalue weighted by molar-refractivity contribution is 5.96. The third kappa shape index (κ3) is 1.84. The number of carbonyl (C=O) groups excluding carboxylic acids is 2. The van der Waals surface area contributed by atoms with Crippen molar-refractivity contribution in [2.75, 3.05) is 7.11 Å². The van der Waals surface area contributed by atoms with Crippen molar-refractivity contribution in [3.63, 3.8) is 0 Å². The van der Waals surface area contributed by atoms with Crippen LogP contribution in [0.4, 0.5) is 0 Å². The van der Waals surface area contributed by atoms with Gasteiger partial charge in [-0.2, -0.15) is 0 Å². The summed E-state index contributed by atoms with van der Waals surface area (Å²) in [5.74, 6) is 2.72. The Bertz CT molecular complexity index is 673. The predicted molar refractivity (Wildman–Crippen MR) is 92.2 cm³/mol. The fraction of sp³-hybridized carbons (Fsp3) is 0.714. The van der Waals surface area contributed by atoms with Crippen LogP contribution in [0.25, 0.3) is 0 Å². The lowest BCUT2D eigenvalue weighted by Crippen LogP contribution is -2.51. The molecule has 4 aliphatic rings. The van der Waals surface area contributed by atoms with Gasteiger partial charge in [0, 0.05) is 29.2 Å². The molecule has 3 saturated carbocycles. The zero-order valence-electron chi connectivity index (χ0n) is 15.1. The molecule has 0 bridgehead atoms. The SMILES string of the molecule is C=C1C[C@@H]2[C@H](CC[C@]3(C)C(=O)CC[C@@H]23)[C@@]2(C)CCC(=O)C(OC)=C12. The Morgan fingerprint density at radius 3 is 2.46 bits per heavy atom. The number of ether oxygens (including phenoxy) is 1. The van der Waals surface area contributed by atoms with Crippen LogP contribution in [0.1, 0.15) is 58.8 Å². The Labute approximate surface area is 144 Å². The molecule has 130 valence electrons. The summed E-state index contributed by atoms with van der Waals surface area (Å²) >= 11 is 0. The van der Waals surface area contributed by atoms with Crippen LogP contribution in [-0.4, -0.2) is 18.7 Å². The second-order valence-corrected chi connectivity index (χ2v) is 8.85. The number of ketones is 2. The van der Waals surface area contributed by atoms with Crippen molar-refractivity contribution in [2.45, 2.75) is 58.8 Å². The first-order valence-electron chi connectivity index (χ1n) is 9.36. The first kappa shape index (κ1) is 16.1. The van der Waals surface area contributed by atoms with Crippen molar-refractivity contribution >= 4 is 11.6 Å². The van der Waals surface area contributed by atoms with E-state index in [9.17, 15) is 9.59 Å². The van der Waals surface area contributed by atoms with Gasteiger partial charge in [-0.25, -0.2) is 0 Å². The third-order valence-corrected chi connectivity index (χ3v) is 7.93. The van der Waals surface area contributed by atoms with Gasteiger partial charge in [-0.15, -0.1) is 0 Å². The van der Waals surface area contributed by atoms with Gasteiger partial charge in [0.25, 0.3) is 0 Å². The molecule has 0 aliphatic heterocycles. The molecule has 3 fully saturated rings. The number of rotatable bonds is 1. The van der Waals surface area contributed by atoms with Gasteiger partial charge >= 0.3 is 0 Å². The number of hydrogen-bond donors (Lipinski definition) is 0. The molecule has 0 spiro atoms. The summed E-state index contributed by atoms with van der Waals surface area (Å²) in [6.07, 6.45) is 6.26. The molecule has 0 radical (unpaired) electrons. The van der Waals surface area contributed by atoms with E-state index in [1.54, 1.807) is 7.11 Å².